The van der Waals surface area contributed by atoms with Gasteiger partial charge in [-0.3, -0.25) is 0 Å². The summed E-state index contributed by atoms with van der Waals surface area (Å²) >= 11 is 12.2. The number of hydrogen-bond donors (Lipinski definition) is 1. The summed E-state index contributed by atoms with van der Waals surface area (Å²) in [6.45, 7) is 2.99. The maximum Gasteiger partial charge on any atom is 0.133 e. The smallest absolute Gasteiger partial charge is 0.133 e. The number of halogens is 2. The lowest BCUT2D eigenvalue weighted by molar-refractivity contribution is 0.875. The Kier molecular flexibility index (Phi) is 3.55. The van der Waals surface area contributed by atoms with Crippen LogP contribution in [0, 0.1) is 6.92 Å². The van der Waals surface area contributed by atoms with Crippen LogP contribution < -0.4 is 5.32 Å². The molecule has 0 radical (unpaired) electrons. The van der Waals surface area contributed by atoms with E-state index in [4.69, 9.17) is 28.3 Å². The van der Waals surface area contributed by atoms with Crippen molar-refractivity contribution in [1.29, 1.82) is 0 Å². The van der Waals surface area contributed by atoms with E-state index in [2.05, 4.69) is 12.2 Å². The Labute approximate surface area is 144 Å². The molecule has 1 aromatic heterocycles. The molecule has 0 unspecified atom stereocenters. The summed E-state index contributed by atoms with van der Waals surface area (Å²) in [5.41, 5.74) is 5.46. The van der Waals surface area contributed by atoms with Crippen LogP contribution in [-0.4, -0.2) is 16.3 Å². The fraction of sp³-hybridized carbons (Fsp3) is 0.167. The summed E-state index contributed by atoms with van der Waals surface area (Å²) < 4.78 is 1.97. The first-order valence-corrected chi connectivity index (χ1v) is 8.27. The molecule has 1 N–H and O–H groups in total. The topological polar surface area (TPSA) is 29.9 Å². The number of aromatic nitrogens is 2. The average Bonchev–Trinajstić information content (AvgIpc) is 3.13. The highest BCUT2D eigenvalue weighted by atomic mass is 35.5. The molecule has 2 aromatic carbocycles. The summed E-state index contributed by atoms with van der Waals surface area (Å²) in [6, 6.07) is 13.7. The van der Waals surface area contributed by atoms with Crippen molar-refractivity contribution in [2.24, 2.45) is 0 Å². The summed E-state index contributed by atoms with van der Waals surface area (Å²) in [4.78, 5) is 0. The predicted molar refractivity (Wildman–Crippen MR) is 96.0 cm³/mol. The lowest BCUT2D eigenvalue weighted by Gasteiger charge is -2.10. The highest BCUT2D eigenvalue weighted by Crippen LogP contribution is 2.36. The van der Waals surface area contributed by atoms with E-state index in [0.717, 1.165) is 46.3 Å². The number of nitrogens with one attached hydrogen (secondary N) is 1. The van der Waals surface area contributed by atoms with Crippen LogP contribution in [0.2, 0.25) is 10.0 Å². The van der Waals surface area contributed by atoms with Gasteiger partial charge in [-0.2, -0.15) is 5.10 Å². The molecule has 1 aliphatic rings. The first-order valence-electron chi connectivity index (χ1n) is 7.52. The maximum absolute atomic E-state index is 6.18. The third kappa shape index (κ3) is 2.50. The molecule has 2 heterocycles. The molecule has 0 saturated carbocycles. The zero-order valence-corrected chi connectivity index (χ0v) is 14.1. The van der Waals surface area contributed by atoms with Gasteiger partial charge in [0.15, 0.2) is 0 Å². The molecule has 0 atom stereocenters. The van der Waals surface area contributed by atoms with E-state index in [1.165, 1.54) is 5.56 Å². The van der Waals surface area contributed by atoms with E-state index in [1.807, 2.05) is 47.1 Å². The van der Waals surface area contributed by atoms with Crippen LogP contribution in [0.4, 0.5) is 5.82 Å². The highest BCUT2D eigenvalue weighted by molar-refractivity contribution is 6.31. The van der Waals surface area contributed by atoms with E-state index >= 15 is 0 Å². The van der Waals surface area contributed by atoms with Crippen molar-refractivity contribution in [3.63, 3.8) is 0 Å². The number of rotatable bonds is 2. The van der Waals surface area contributed by atoms with Gasteiger partial charge in [0.25, 0.3) is 0 Å². The zero-order valence-electron chi connectivity index (χ0n) is 12.6. The van der Waals surface area contributed by atoms with E-state index in [0.29, 0.717) is 5.02 Å². The standard InChI is InChI=1S/C18H15Cl2N3/c1-11-2-5-14(20)10-16(11)23-18-15(8-9-21-18)17(22-23)12-3-6-13(19)7-4-12/h2-7,10,21H,8-9H2,1H3. The van der Waals surface area contributed by atoms with Crippen molar-refractivity contribution in [2.45, 2.75) is 13.3 Å². The second-order valence-corrected chi connectivity index (χ2v) is 6.57. The Balaban J connectivity index is 1.91. The Morgan fingerprint density at radius 3 is 2.57 bits per heavy atom. The molecule has 5 heteroatoms. The minimum Gasteiger partial charge on any atom is -0.369 e. The number of nitrogens with zero attached hydrogens (tertiary/aromatic N) is 2. The number of aryl methyl sites for hydroxylation is 1. The second-order valence-electron chi connectivity index (χ2n) is 5.70. The van der Waals surface area contributed by atoms with Crippen molar-refractivity contribution in [2.75, 3.05) is 11.9 Å². The molecule has 0 aliphatic carbocycles. The Hall–Kier alpha value is -1.97. The number of anilines is 1. The van der Waals surface area contributed by atoms with Gasteiger partial charge < -0.3 is 5.32 Å². The third-order valence-corrected chi connectivity index (χ3v) is 4.66. The van der Waals surface area contributed by atoms with E-state index in [-0.39, 0.29) is 0 Å². The summed E-state index contributed by atoms with van der Waals surface area (Å²) in [6.07, 6.45) is 0.965. The number of benzene rings is 2. The van der Waals surface area contributed by atoms with Gasteiger partial charge in [0.1, 0.15) is 5.82 Å². The molecule has 3 nitrogen and oxygen atoms in total. The predicted octanol–water partition coefficient (Wildman–Crippen LogP) is 5.12. The molecule has 0 saturated heterocycles. The van der Waals surface area contributed by atoms with E-state index in [9.17, 15) is 0 Å². The zero-order chi connectivity index (χ0) is 16.0. The molecular weight excluding hydrogens is 329 g/mol. The van der Waals surface area contributed by atoms with Crippen molar-refractivity contribution >= 4 is 29.0 Å². The second kappa shape index (κ2) is 5.59. The number of fused-ring (bicyclic) bond motifs is 1. The maximum atomic E-state index is 6.18. The van der Waals surface area contributed by atoms with Crippen LogP contribution >= 0.6 is 23.2 Å². The van der Waals surface area contributed by atoms with Gasteiger partial charge in [-0.1, -0.05) is 41.4 Å². The minimum atomic E-state index is 0.709. The molecule has 1 aliphatic heterocycles. The van der Waals surface area contributed by atoms with Crippen molar-refractivity contribution < 1.29 is 0 Å². The van der Waals surface area contributed by atoms with Gasteiger partial charge in [0.2, 0.25) is 0 Å². The molecule has 0 fully saturated rings. The summed E-state index contributed by atoms with van der Waals surface area (Å²) in [5.74, 6) is 1.06. The average molecular weight is 344 g/mol. The first kappa shape index (κ1) is 14.6. The molecule has 116 valence electrons. The van der Waals surface area contributed by atoms with Crippen molar-refractivity contribution in [1.82, 2.24) is 9.78 Å². The largest absolute Gasteiger partial charge is 0.369 e. The molecular formula is C18H15Cl2N3. The fourth-order valence-electron chi connectivity index (χ4n) is 3.00. The van der Waals surface area contributed by atoms with Crippen LogP contribution in [0.1, 0.15) is 11.1 Å². The lowest BCUT2D eigenvalue weighted by atomic mass is 10.1. The Morgan fingerprint density at radius 1 is 1.04 bits per heavy atom. The van der Waals surface area contributed by atoms with Crippen LogP contribution in [0.3, 0.4) is 0 Å². The van der Waals surface area contributed by atoms with E-state index in [1.54, 1.807) is 0 Å². The van der Waals surface area contributed by atoms with Gasteiger partial charge in [-0.05, 0) is 43.2 Å². The van der Waals surface area contributed by atoms with Crippen LogP contribution in [-0.2, 0) is 6.42 Å². The third-order valence-electron chi connectivity index (χ3n) is 4.17. The minimum absolute atomic E-state index is 0.709. The quantitative estimate of drug-likeness (QED) is 0.699. The van der Waals surface area contributed by atoms with Crippen LogP contribution in [0.15, 0.2) is 42.5 Å². The normalized spacial score (nSPS) is 13.0. The SMILES string of the molecule is Cc1ccc(Cl)cc1-n1nc(-c2ccc(Cl)cc2)c2c1NCC2. The Morgan fingerprint density at radius 2 is 1.78 bits per heavy atom. The van der Waals surface area contributed by atoms with Crippen molar-refractivity contribution in [3.8, 4) is 16.9 Å². The first-order chi connectivity index (χ1) is 11.1. The van der Waals surface area contributed by atoms with Gasteiger partial charge in [0, 0.05) is 27.7 Å². The van der Waals surface area contributed by atoms with Gasteiger partial charge in [0.05, 0.1) is 11.4 Å². The van der Waals surface area contributed by atoms with Crippen molar-refractivity contribution in [3.05, 3.63) is 63.6 Å². The molecule has 4 rings (SSSR count). The van der Waals surface area contributed by atoms with Gasteiger partial charge >= 0.3 is 0 Å². The van der Waals surface area contributed by atoms with E-state index < -0.39 is 0 Å². The fourth-order valence-corrected chi connectivity index (χ4v) is 3.29. The molecule has 23 heavy (non-hydrogen) atoms. The van der Waals surface area contributed by atoms with Gasteiger partial charge in [-0.25, -0.2) is 4.68 Å². The lowest BCUT2D eigenvalue weighted by Crippen LogP contribution is -2.05. The number of hydrogen-bond acceptors (Lipinski definition) is 2. The summed E-state index contributed by atoms with van der Waals surface area (Å²) in [5, 5.41) is 9.74. The molecule has 3 aromatic rings. The molecule has 0 amide bonds. The highest BCUT2D eigenvalue weighted by Gasteiger charge is 2.24. The van der Waals surface area contributed by atoms with Crippen LogP contribution in [0.5, 0.6) is 0 Å². The Bertz CT molecular complexity index is 882. The monoisotopic (exact) mass is 343 g/mol. The van der Waals surface area contributed by atoms with Crippen LogP contribution in [0.25, 0.3) is 16.9 Å². The summed E-state index contributed by atoms with van der Waals surface area (Å²) in [7, 11) is 0. The molecule has 0 spiro atoms. The van der Waals surface area contributed by atoms with Gasteiger partial charge in [-0.15, -0.1) is 0 Å². The molecule has 0 bridgehead atoms.